The van der Waals surface area contributed by atoms with Crippen molar-refractivity contribution >= 4 is 8.32 Å². The largest absolute Gasteiger partial charge is 0.412 e. The standard InChI is InChI=1S/C22H37F3O4Si/c1-14(22(23,24)25)9-10-16-20(5,28-16)18-17(26-6)15(11-12-21(18)13-27-21)29-30(7,8)19(2,3)4/h9,15-18H,10-13H2,1-8H3/b14-9-/t15-,16-,17-,18-,20+,21+/m1/s1. The Balaban J connectivity index is 1.79. The number of epoxide rings is 2. The van der Waals surface area contributed by atoms with Gasteiger partial charge >= 0.3 is 6.18 Å². The van der Waals surface area contributed by atoms with E-state index in [1.165, 1.54) is 6.08 Å². The normalized spacial score (nSPS) is 40.0. The SMILES string of the molecule is CO[C@@H]1[C@H](O[Si](C)(C)C(C)(C)C)CC[C@]2(CO2)[C@H]1[C@@]1(C)O[C@@H]1C/C=C(/C)C(F)(F)F. The summed E-state index contributed by atoms with van der Waals surface area (Å²) in [5, 5.41) is 0.0778. The number of rotatable bonds is 6. The molecular formula is C22H37F3O4Si. The van der Waals surface area contributed by atoms with Crippen LogP contribution in [-0.2, 0) is 18.6 Å². The van der Waals surface area contributed by atoms with E-state index in [9.17, 15) is 13.2 Å². The van der Waals surface area contributed by atoms with Gasteiger partial charge in [0, 0.05) is 12.7 Å². The van der Waals surface area contributed by atoms with Crippen LogP contribution in [0.3, 0.4) is 0 Å². The first-order valence-corrected chi connectivity index (χ1v) is 13.7. The van der Waals surface area contributed by atoms with Crippen molar-refractivity contribution in [1.82, 2.24) is 0 Å². The van der Waals surface area contributed by atoms with Crippen molar-refractivity contribution in [3.63, 3.8) is 0 Å². The lowest BCUT2D eigenvalue weighted by atomic mass is 9.68. The molecule has 2 heterocycles. The molecule has 3 rings (SSSR count). The van der Waals surface area contributed by atoms with Crippen molar-refractivity contribution in [2.45, 2.75) is 108 Å². The third kappa shape index (κ3) is 4.40. The molecule has 0 aromatic carbocycles. The van der Waals surface area contributed by atoms with Gasteiger partial charge in [-0.2, -0.15) is 13.2 Å². The monoisotopic (exact) mass is 450 g/mol. The van der Waals surface area contributed by atoms with Gasteiger partial charge in [-0.15, -0.1) is 0 Å². The van der Waals surface area contributed by atoms with Crippen LogP contribution in [0.25, 0.3) is 0 Å². The van der Waals surface area contributed by atoms with E-state index < -0.39 is 25.7 Å². The molecule has 3 fully saturated rings. The Labute approximate surface area is 179 Å². The Bertz CT molecular complexity index is 681. The molecule has 0 aromatic rings. The molecule has 30 heavy (non-hydrogen) atoms. The molecule has 0 radical (unpaired) electrons. The summed E-state index contributed by atoms with van der Waals surface area (Å²) in [6, 6.07) is 0. The number of hydrogen-bond donors (Lipinski definition) is 0. The van der Waals surface area contributed by atoms with Gasteiger partial charge in [0.15, 0.2) is 8.32 Å². The minimum atomic E-state index is -4.30. The minimum Gasteiger partial charge on any atom is -0.411 e. The average Bonchev–Trinajstić information content (AvgIpc) is 3.50. The van der Waals surface area contributed by atoms with Crippen molar-refractivity contribution in [1.29, 1.82) is 0 Å². The third-order valence-electron chi connectivity index (χ3n) is 7.83. The predicted molar refractivity (Wildman–Crippen MR) is 112 cm³/mol. The minimum absolute atomic E-state index is 0.0650. The summed E-state index contributed by atoms with van der Waals surface area (Å²) in [7, 11) is -0.319. The number of ether oxygens (including phenoxy) is 3. The quantitative estimate of drug-likeness (QED) is 0.299. The van der Waals surface area contributed by atoms with Crippen molar-refractivity contribution < 1.29 is 31.8 Å². The van der Waals surface area contributed by atoms with E-state index in [2.05, 4.69) is 33.9 Å². The fourth-order valence-corrected chi connectivity index (χ4v) is 6.04. The zero-order valence-electron chi connectivity index (χ0n) is 19.5. The molecule has 0 amide bonds. The first-order valence-electron chi connectivity index (χ1n) is 10.8. The lowest BCUT2D eigenvalue weighted by Crippen LogP contribution is -2.58. The maximum absolute atomic E-state index is 12.9. The van der Waals surface area contributed by atoms with Gasteiger partial charge in [-0.3, -0.25) is 0 Å². The maximum atomic E-state index is 12.9. The van der Waals surface area contributed by atoms with Gasteiger partial charge < -0.3 is 18.6 Å². The average molecular weight is 451 g/mol. The zero-order chi connectivity index (χ0) is 22.8. The summed E-state index contributed by atoms with van der Waals surface area (Å²) < 4.78 is 63.3. The molecule has 0 aromatic heterocycles. The Morgan fingerprint density at radius 1 is 1.23 bits per heavy atom. The second-order valence-corrected chi connectivity index (χ2v) is 15.7. The Morgan fingerprint density at radius 3 is 2.30 bits per heavy atom. The molecule has 0 bridgehead atoms. The van der Waals surface area contributed by atoms with E-state index in [-0.39, 0.29) is 41.3 Å². The smallest absolute Gasteiger partial charge is 0.411 e. The van der Waals surface area contributed by atoms with Crippen LogP contribution in [0.15, 0.2) is 11.6 Å². The van der Waals surface area contributed by atoms with E-state index in [0.717, 1.165) is 19.8 Å². The number of allylic oxidation sites excluding steroid dienone is 1. The van der Waals surface area contributed by atoms with Gasteiger partial charge in [0.1, 0.15) is 5.60 Å². The lowest BCUT2D eigenvalue weighted by Gasteiger charge is -2.47. The molecule has 1 aliphatic carbocycles. The van der Waals surface area contributed by atoms with Crippen LogP contribution in [0.5, 0.6) is 0 Å². The van der Waals surface area contributed by atoms with Crippen molar-refractivity contribution in [3.8, 4) is 0 Å². The van der Waals surface area contributed by atoms with Crippen molar-refractivity contribution in [2.75, 3.05) is 13.7 Å². The van der Waals surface area contributed by atoms with Gasteiger partial charge in [0.2, 0.25) is 0 Å². The summed E-state index contributed by atoms with van der Waals surface area (Å²) in [6.45, 7) is 14.8. The Morgan fingerprint density at radius 2 is 1.83 bits per heavy atom. The molecule has 3 aliphatic rings. The highest BCUT2D eigenvalue weighted by Gasteiger charge is 2.72. The number of methoxy groups -OCH3 is 1. The molecule has 174 valence electrons. The molecule has 0 unspecified atom stereocenters. The number of hydrogen-bond acceptors (Lipinski definition) is 4. The van der Waals surface area contributed by atoms with Crippen LogP contribution in [-0.4, -0.2) is 57.7 Å². The van der Waals surface area contributed by atoms with Gasteiger partial charge in [-0.25, -0.2) is 0 Å². The highest BCUT2D eigenvalue weighted by molar-refractivity contribution is 6.74. The highest BCUT2D eigenvalue weighted by Crippen LogP contribution is 2.60. The molecule has 1 saturated carbocycles. The zero-order valence-corrected chi connectivity index (χ0v) is 20.5. The van der Waals surface area contributed by atoms with Gasteiger partial charge in [-0.05, 0) is 51.2 Å². The number of alkyl halides is 3. The second-order valence-electron chi connectivity index (χ2n) is 10.9. The van der Waals surface area contributed by atoms with Gasteiger partial charge in [-0.1, -0.05) is 26.8 Å². The van der Waals surface area contributed by atoms with Crippen LogP contribution >= 0.6 is 0 Å². The van der Waals surface area contributed by atoms with E-state index in [4.69, 9.17) is 18.6 Å². The van der Waals surface area contributed by atoms with Crippen LogP contribution < -0.4 is 0 Å². The topological polar surface area (TPSA) is 43.5 Å². The summed E-state index contributed by atoms with van der Waals surface area (Å²) in [5.41, 5.74) is -1.46. The predicted octanol–water partition coefficient (Wildman–Crippen LogP) is 5.63. The Hall–Kier alpha value is -0.413. The number of halogens is 3. The van der Waals surface area contributed by atoms with Crippen LogP contribution in [0.2, 0.25) is 18.1 Å². The van der Waals surface area contributed by atoms with Crippen molar-refractivity contribution in [3.05, 3.63) is 11.6 Å². The molecule has 8 heteroatoms. The summed E-state index contributed by atoms with van der Waals surface area (Å²) >= 11 is 0. The molecular weight excluding hydrogens is 413 g/mol. The van der Waals surface area contributed by atoms with Crippen LogP contribution in [0.1, 0.15) is 53.9 Å². The maximum Gasteiger partial charge on any atom is 0.412 e. The fraction of sp³-hybridized carbons (Fsp3) is 0.909. The summed E-state index contributed by atoms with van der Waals surface area (Å²) in [4.78, 5) is 0. The van der Waals surface area contributed by atoms with Gasteiger partial charge in [0.25, 0.3) is 0 Å². The first kappa shape index (κ1) is 24.2. The molecule has 2 saturated heterocycles. The lowest BCUT2D eigenvalue weighted by molar-refractivity contribution is -0.111. The first-order chi connectivity index (χ1) is 13.6. The second kappa shape index (κ2) is 7.58. The molecule has 2 aliphatic heterocycles. The van der Waals surface area contributed by atoms with E-state index in [1.54, 1.807) is 7.11 Å². The molecule has 0 N–H and O–H groups in total. The molecule has 1 spiro atoms. The third-order valence-corrected chi connectivity index (χ3v) is 12.3. The Kier molecular flexibility index (Phi) is 6.12. The van der Waals surface area contributed by atoms with Crippen molar-refractivity contribution in [2.24, 2.45) is 5.92 Å². The summed E-state index contributed by atoms with van der Waals surface area (Å²) in [6.07, 6.45) is -1.65. The van der Waals surface area contributed by atoms with Crippen LogP contribution in [0, 0.1) is 5.92 Å². The molecule has 4 nitrogen and oxygen atoms in total. The van der Waals surface area contributed by atoms with Gasteiger partial charge in [0.05, 0.1) is 36.4 Å². The fourth-order valence-electron chi connectivity index (χ4n) is 4.68. The highest BCUT2D eigenvalue weighted by atomic mass is 28.4. The molecule has 6 atom stereocenters. The van der Waals surface area contributed by atoms with E-state index in [1.807, 2.05) is 6.92 Å². The van der Waals surface area contributed by atoms with E-state index >= 15 is 0 Å². The van der Waals surface area contributed by atoms with E-state index in [0.29, 0.717) is 6.61 Å². The van der Waals surface area contributed by atoms with Crippen LogP contribution in [0.4, 0.5) is 13.2 Å². The summed E-state index contributed by atoms with van der Waals surface area (Å²) in [5.74, 6) is -0.0666.